The van der Waals surface area contributed by atoms with E-state index in [-0.39, 0.29) is 12.4 Å². The highest BCUT2D eigenvalue weighted by molar-refractivity contribution is 6.17. The number of hydrogen-bond donors (Lipinski definition) is 0. The van der Waals surface area contributed by atoms with Crippen molar-refractivity contribution in [3.05, 3.63) is 23.5 Å². The SMILES string of the molecule is Cc1nn(C)c2ncc(CCl)cc12.Cl. The first kappa shape index (κ1) is 11.3. The normalized spacial score (nSPS) is 10.2. The van der Waals surface area contributed by atoms with Crippen molar-refractivity contribution in [2.75, 3.05) is 0 Å². The van der Waals surface area contributed by atoms with Crippen molar-refractivity contribution in [3.63, 3.8) is 0 Å². The summed E-state index contributed by atoms with van der Waals surface area (Å²) in [6.07, 6.45) is 1.79. The van der Waals surface area contributed by atoms with Gasteiger partial charge in [-0.2, -0.15) is 5.10 Å². The smallest absolute Gasteiger partial charge is 0.157 e. The fraction of sp³-hybridized carbons (Fsp3) is 0.333. The van der Waals surface area contributed by atoms with Gasteiger partial charge in [0.05, 0.1) is 5.69 Å². The molecular weight excluding hydrogens is 221 g/mol. The van der Waals surface area contributed by atoms with E-state index in [1.165, 1.54) is 0 Å². The van der Waals surface area contributed by atoms with E-state index >= 15 is 0 Å². The molecule has 0 fully saturated rings. The first-order valence-corrected chi connectivity index (χ1v) is 4.60. The van der Waals surface area contributed by atoms with E-state index in [1.807, 2.05) is 20.0 Å². The zero-order chi connectivity index (χ0) is 9.42. The van der Waals surface area contributed by atoms with Crippen LogP contribution in [0.15, 0.2) is 12.3 Å². The fourth-order valence-electron chi connectivity index (χ4n) is 1.42. The van der Waals surface area contributed by atoms with E-state index < -0.39 is 0 Å². The predicted molar refractivity (Wildman–Crippen MR) is 60.1 cm³/mol. The van der Waals surface area contributed by atoms with Crippen LogP contribution in [-0.2, 0) is 12.9 Å². The van der Waals surface area contributed by atoms with Crippen LogP contribution in [0.5, 0.6) is 0 Å². The summed E-state index contributed by atoms with van der Waals surface area (Å²) in [5, 5.41) is 5.36. The molecule has 0 bridgehead atoms. The standard InChI is InChI=1S/C9H10ClN3.ClH/c1-6-8-3-7(4-10)5-11-9(8)13(2)12-6;/h3,5H,4H2,1-2H3;1H. The van der Waals surface area contributed by atoms with Gasteiger partial charge in [-0.05, 0) is 18.6 Å². The van der Waals surface area contributed by atoms with Crippen LogP contribution in [0.25, 0.3) is 11.0 Å². The molecule has 14 heavy (non-hydrogen) atoms. The van der Waals surface area contributed by atoms with Crippen LogP contribution in [0.1, 0.15) is 11.3 Å². The van der Waals surface area contributed by atoms with Gasteiger partial charge in [0.1, 0.15) is 0 Å². The summed E-state index contributed by atoms with van der Waals surface area (Å²) in [5.74, 6) is 0.497. The second kappa shape index (κ2) is 4.15. The fourth-order valence-corrected chi connectivity index (χ4v) is 1.57. The third-order valence-corrected chi connectivity index (χ3v) is 2.38. The van der Waals surface area contributed by atoms with Crippen molar-refractivity contribution < 1.29 is 0 Å². The molecule has 5 heteroatoms. The van der Waals surface area contributed by atoms with E-state index in [0.29, 0.717) is 5.88 Å². The van der Waals surface area contributed by atoms with E-state index in [4.69, 9.17) is 11.6 Å². The van der Waals surface area contributed by atoms with Gasteiger partial charge in [0.25, 0.3) is 0 Å². The molecule has 0 saturated carbocycles. The first-order valence-electron chi connectivity index (χ1n) is 4.06. The predicted octanol–water partition coefficient (Wildman–Crippen LogP) is 2.44. The molecule has 2 rings (SSSR count). The molecule has 0 amide bonds. The largest absolute Gasteiger partial charge is 0.250 e. The van der Waals surface area contributed by atoms with Gasteiger partial charge in [-0.1, -0.05) is 0 Å². The quantitative estimate of drug-likeness (QED) is 0.707. The Labute approximate surface area is 93.5 Å². The number of nitrogens with zero attached hydrogens (tertiary/aromatic N) is 3. The van der Waals surface area contributed by atoms with Gasteiger partial charge in [0.2, 0.25) is 0 Å². The minimum Gasteiger partial charge on any atom is -0.250 e. The molecule has 2 aromatic rings. The molecule has 0 aliphatic rings. The average Bonchev–Trinajstić information content (AvgIpc) is 2.42. The van der Waals surface area contributed by atoms with Crippen molar-refractivity contribution in [2.24, 2.45) is 7.05 Å². The summed E-state index contributed by atoms with van der Waals surface area (Å²) in [5.41, 5.74) is 2.94. The monoisotopic (exact) mass is 231 g/mol. The minimum atomic E-state index is 0. The third-order valence-electron chi connectivity index (χ3n) is 2.07. The number of hydrogen-bond acceptors (Lipinski definition) is 2. The molecule has 0 saturated heterocycles. The number of fused-ring (bicyclic) bond motifs is 1. The molecule has 0 N–H and O–H groups in total. The summed E-state index contributed by atoms with van der Waals surface area (Å²) in [6.45, 7) is 1.97. The number of rotatable bonds is 1. The highest BCUT2D eigenvalue weighted by Gasteiger charge is 2.05. The van der Waals surface area contributed by atoms with Crippen LogP contribution in [0.3, 0.4) is 0 Å². The number of aryl methyl sites for hydroxylation is 2. The summed E-state index contributed by atoms with van der Waals surface area (Å²) in [4.78, 5) is 4.29. The Morgan fingerprint density at radius 1 is 1.50 bits per heavy atom. The molecule has 0 radical (unpaired) electrons. The van der Waals surface area contributed by atoms with Gasteiger partial charge >= 0.3 is 0 Å². The van der Waals surface area contributed by atoms with Crippen LogP contribution in [0.2, 0.25) is 0 Å². The first-order chi connectivity index (χ1) is 6.22. The lowest BCUT2D eigenvalue weighted by atomic mass is 10.2. The lowest BCUT2D eigenvalue weighted by molar-refractivity contribution is 0.773. The lowest BCUT2D eigenvalue weighted by Gasteiger charge is -1.95. The van der Waals surface area contributed by atoms with Crippen LogP contribution in [-0.4, -0.2) is 14.8 Å². The Hall–Kier alpha value is -0.800. The lowest BCUT2D eigenvalue weighted by Crippen LogP contribution is -1.91. The molecule has 0 aliphatic heterocycles. The van der Waals surface area contributed by atoms with Gasteiger partial charge < -0.3 is 0 Å². The van der Waals surface area contributed by atoms with Crippen LogP contribution >= 0.6 is 24.0 Å². The molecular formula is C9H11Cl2N3. The van der Waals surface area contributed by atoms with E-state index in [9.17, 15) is 0 Å². The summed E-state index contributed by atoms with van der Waals surface area (Å²) in [7, 11) is 1.89. The van der Waals surface area contributed by atoms with Gasteiger partial charge in [-0.25, -0.2) is 4.98 Å². The number of halogens is 2. The molecule has 0 unspecified atom stereocenters. The number of aromatic nitrogens is 3. The van der Waals surface area contributed by atoms with Crippen molar-refractivity contribution in [3.8, 4) is 0 Å². The van der Waals surface area contributed by atoms with Gasteiger partial charge in [0.15, 0.2) is 5.65 Å². The highest BCUT2D eigenvalue weighted by atomic mass is 35.5. The molecule has 3 nitrogen and oxygen atoms in total. The summed E-state index contributed by atoms with van der Waals surface area (Å²) in [6, 6.07) is 2.04. The van der Waals surface area contributed by atoms with Crippen molar-refractivity contribution in [1.29, 1.82) is 0 Å². The number of pyridine rings is 1. The van der Waals surface area contributed by atoms with Crippen LogP contribution < -0.4 is 0 Å². The Morgan fingerprint density at radius 2 is 2.21 bits per heavy atom. The van der Waals surface area contributed by atoms with Gasteiger partial charge in [-0.15, -0.1) is 24.0 Å². The maximum atomic E-state index is 5.72. The summed E-state index contributed by atoms with van der Waals surface area (Å²) < 4.78 is 1.78. The average molecular weight is 232 g/mol. The Morgan fingerprint density at radius 3 is 2.86 bits per heavy atom. The molecule has 0 spiro atoms. The topological polar surface area (TPSA) is 30.7 Å². The van der Waals surface area contributed by atoms with Crippen LogP contribution in [0, 0.1) is 6.92 Å². The zero-order valence-corrected chi connectivity index (χ0v) is 9.56. The maximum Gasteiger partial charge on any atom is 0.157 e. The Balaban J connectivity index is 0.000000980. The second-order valence-corrected chi connectivity index (χ2v) is 3.32. The Bertz CT molecular complexity index is 450. The van der Waals surface area contributed by atoms with Crippen molar-refractivity contribution >= 4 is 35.0 Å². The van der Waals surface area contributed by atoms with Crippen LogP contribution in [0.4, 0.5) is 0 Å². The van der Waals surface area contributed by atoms with E-state index in [2.05, 4.69) is 10.1 Å². The minimum absolute atomic E-state index is 0. The number of alkyl halides is 1. The highest BCUT2D eigenvalue weighted by Crippen LogP contribution is 2.17. The molecule has 0 atom stereocenters. The third kappa shape index (κ3) is 1.70. The van der Waals surface area contributed by atoms with Gasteiger partial charge in [0, 0.05) is 24.5 Å². The zero-order valence-electron chi connectivity index (χ0n) is 7.99. The van der Waals surface area contributed by atoms with E-state index in [0.717, 1.165) is 22.3 Å². The van der Waals surface area contributed by atoms with Gasteiger partial charge in [-0.3, -0.25) is 4.68 Å². The van der Waals surface area contributed by atoms with Crippen molar-refractivity contribution in [2.45, 2.75) is 12.8 Å². The second-order valence-electron chi connectivity index (χ2n) is 3.06. The molecule has 2 aromatic heterocycles. The van der Waals surface area contributed by atoms with Crippen molar-refractivity contribution in [1.82, 2.24) is 14.8 Å². The molecule has 0 aliphatic carbocycles. The molecule has 76 valence electrons. The molecule has 2 heterocycles. The Kier molecular flexibility index (Phi) is 3.34. The summed E-state index contributed by atoms with van der Waals surface area (Å²) >= 11 is 5.72. The van der Waals surface area contributed by atoms with E-state index in [1.54, 1.807) is 10.9 Å². The molecule has 0 aromatic carbocycles. The maximum absolute atomic E-state index is 5.72.